The smallest absolute Gasteiger partial charge is 0.258 e. The third-order valence-electron chi connectivity index (χ3n) is 7.11. The number of hydrogen-bond donors (Lipinski definition) is 1. The average Bonchev–Trinajstić information content (AvgIpc) is 3.41. The van der Waals surface area contributed by atoms with Gasteiger partial charge in [-0.2, -0.15) is 0 Å². The Kier molecular flexibility index (Phi) is 8.24. The summed E-state index contributed by atoms with van der Waals surface area (Å²) >= 11 is 0. The molecular formula is C31H35N3O4. The highest BCUT2D eigenvalue weighted by Gasteiger charge is 2.22. The van der Waals surface area contributed by atoms with Gasteiger partial charge in [0.1, 0.15) is 0 Å². The van der Waals surface area contributed by atoms with Gasteiger partial charge in [0.2, 0.25) is 12.7 Å². The van der Waals surface area contributed by atoms with E-state index >= 15 is 0 Å². The van der Waals surface area contributed by atoms with Gasteiger partial charge in [0.05, 0.1) is 13.0 Å². The van der Waals surface area contributed by atoms with Crippen molar-refractivity contribution in [3.8, 4) is 11.5 Å². The second-order valence-electron chi connectivity index (χ2n) is 10.0. The summed E-state index contributed by atoms with van der Waals surface area (Å²) in [5, 5.41) is 3.06. The number of carbonyl (C=O) groups excluding carboxylic acids is 2. The van der Waals surface area contributed by atoms with E-state index in [0.717, 1.165) is 42.0 Å². The second kappa shape index (κ2) is 12.1. The molecule has 0 aromatic heterocycles. The normalized spacial score (nSPS) is 14.8. The first-order valence-electron chi connectivity index (χ1n) is 13.4. The molecule has 1 saturated heterocycles. The van der Waals surface area contributed by atoms with Gasteiger partial charge in [0.15, 0.2) is 11.5 Å². The van der Waals surface area contributed by atoms with Crippen LogP contribution >= 0.6 is 0 Å². The third-order valence-corrected chi connectivity index (χ3v) is 7.11. The van der Waals surface area contributed by atoms with Crippen LogP contribution in [0.25, 0.3) is 0 Å². The van der Waals surface area contributed by atoms with Crippen molar-refractivity contribution >= 4 is 17.5 Å². The average molecular weight is 514 g/mol. The summed E-state index contributed by atoms with van der Waals surface area (Å²) in [5.41, 5.74) is 4.31. The summed E-state index contributed by atoms with van der Waals surface area (Å²) in [6.45, 7) is 6.38. The van der Waals surface area contributed by atoms with E-state index in [0.29, 0.717) is 30.2 Å². The van der Waals surface area contributed by atoms with Crippen LogP contribution in [0.2, 0.25) is 0 Å². The van der Waals surface area contributed by atoms with Crippen molar-refractivity contribution in [2.24, 2.45) is 0 Å². The largest absolute Gasteiger partial charge is 0.454 e. The minimum absolute atomic E-state index is 0.00802. The molecule has 0 radical (unpaired) electrons. The van der Waals surface area contributed by atoms with E-state index in [1.807, 2.05) is 55.5 Å². The van der Waals surface area contributed by atoms with Crippen molar-refractivity contribution in [3.05, 3.63) is 89.0 Å². The molecule has 5 rings (SSSR count). The van der Waals surface area contributed by atoms with E-state index in [4.69, 9.17) is 9.47 Å². The van der Waals surface area contributed by atoms with Gasteiger partial charge >= 0.3 is 0 Å². The van der Waals surface area contributed by atoms with Crippen LogP contribution in [0.4, 0.5) is 5.69 Å². The summed E-state index contributed by atoms with van der Waals surface area (Å²) in [6.07, 6.45) is 4.05. The third kappa shape index (κ3) is 6.53. The first kappa shape index (κ1) is 25.8. The number of aryl methyl sites for hydroxylation is 1. The van der Waals surface area contributed by atoms with Crippen molar-refractivity contribution in [3.63, 3.8) is 0 Å². The van der Waals surface area contributed by atoms with Crippen LogP contribution in [-0.4, -0.2) is 49.7 Å². The Morgan fingerprint density at radius 1 is 0.895 bits per heavy atom. The minimum atomic E-state index is -0.146. The van der Waals surface area contributed by atoms with Crippen molar-refractivity contribution in [1.82, 2.24) is 10.2 Å². The Bertz CT molecular complexity index is 1270. The van der Waals surface area contributed by atoms with Gasteiger partial charge in [-0.05, 0) is 74.3 Å². The molecule has 0 aliphatic carbocycles. The molecule has 0 bridgehead atoms. The molecule has 3 aromatic rings. The lowest BCUT2D eigenvalue weighted by Crippen LogP contribution is -2.38. The molecule has 0 unspecified atom stereocenters. The molecule has 2 amide bonds. The highest BCUT2D eigenvalue weighted by atomic mass is 16.7. The lowest BCUT2D eigenvalue weighted by atomic mass is 10.1. The number of rotatable bonds is 9. The quantitative estimate of drug-likeness (QED) is 0.449. The molecule has 7 heteroatoms. The maximum absolute atomic E-state index is 13.8. The number of likely N-dealkylation sites (tertiary alicyclic amines) is 1. The molecule has 2 aliphatic rings. The molecular weight excluding hydrogens is 478 g/mol. The molecule has 0 spiro atoms. The lowest BCUT2D eigenvalue weighted by molar-refractivity contribution is -0.120. The van der Waals surface area contributed by atoms with E-state index < -0.39 is 0 Å². The van der Waals surface area contributed by atoms with Crippen molar-refractivity contribution in [2.45, 2.75) is 39.2 Å². The van der Waals surface area contributed by atoms with E-state index in [-0.39, 0.29) is 25.0 Å². The SMILES string of the molecule is Cc1ccc(CN(C(=O)c2ccc3c(c2)OCO3)c2cccc(CC(=O)NCCN3CCCCC3)c2)cc1. The Morgan fingerprint density at radius 2 is 1.68 bits per heavy atom. The van der Waals surface area contributed by atoms with Gasteiger partial charge in [0.25, 0.3) is 5.91 Å². The lowest BCUT2D eigenvalue weighted by Gasteiger charge is -2.26. The van der Waals surface area contributed by atoms with Crippen molar-refractivity contribution in [1.29, 1.82) is 0 Å². The molecule has 1 fully saturated rings. The van der Waals surface area contributed by atoms with Crippen LogP contribution in [0.3, 0.4) is 0 Å². The van der Waals surface area contributed by atoms with Gasteiger partial charge in [-0.25, -0.2) is 0 Å². The summed E-state index contributed by atoms with van der Waals surface area (Å²) in [7, 11) is 0. The Morgan fingerprint density at radius 3 is 2.50 bits per heavy atom. The van der Waals surface area contributed by atoms with Crippen molar-refractivity contribution < 1.29 is 19.1 Å². The molecule has 1 N–H and O–H groups in total. The fraction of sp³-hybridized carbons (Fsp3) is 0.355. The van der Waals surface area contributed by atoms with E-state index in [1.54, 1.807) is 23.1 Å². The van der Waals surface area contributed by atoms with Crippen LogP contribution in [0, 0.1) is 6.92 Å². The maximum Gasteiger partial charge on any atom is 0.258 e. The van der Waals surface area contributed by atoms with Crippen LogP contribution in [-0.2, 0) is 17.8 Å². The Labute approximate surface area is 224 Å². The van der Waals surface area contributed by atoms with Gasteiger partial charge in [0, 0.05) is 24.3 Å². The summed E-state index contributed by atoms with van der Waals surface area (Å²) in [4.78, 5) is 30.6. The molecule has 0 atom stereocenters. The fourth-order valence-electron chi connectivity index (χ4n) is 4.96. The Hall–Kier alpha value is -3.84. The van der Waals surface area contributed by atoms with Crippen molar-refractivity contribution in [2.75, 3.05) is 37.9 Å². The standard InChI is InChI=1S/C31H35N3O4/c1-23-8-10-24(11-9-23)21-34(31(36)26-12-13-28-29(20-26)38-22-37-28)27-7-5-6-25(18-27)19-30(35)32-14-17-33-15-3-2-4-16-33/h5-13,18,20H,2-4,14-17,19,21-22H2,1H3,(H,32,35). The molecule has 198 valence electrons. The second-order valence-corrected chi connectivity index (χ2v) is 10.0. The molecule has 2 heterocycles. The highest BCUT2D eigenvalue weighted by Crippen LogP contribution is 2.33. The number of fused-ring (bicyclic) bond motifs is 1. The molecule has 3 aromatic carbocycles. The van der Waals surface area contributed by atoms with E-state index in [2.05, 4.69) is 10.2 Å². The summed E-state index contributed by atoms with van der Waals surface area (Å²) in [5.74, 6) is 1.05. The number of nitrogens with one attached hydrogen (secondary N) is 1. The molecule has 7 nitrogen and oxygen atoms in total. The number of carbonyl (C=O) groups is 2. The zero-order valence-corrected chi connectivity index (χ0v) is 21.9. The molecule has 2 aliphatic heterocycles. The number of piperidine rings is 1. The number of benzene rings is 3. The van der Waals surface area contributed by atoms with Gasteiger partial charge in [-0.15, -0.1) is 0 Å². The predicted molar refractivity (Wildman–Crippen MR) is 148 cm³/mol. The zero-order chi connectivity index (χ0) is 26.3. The van der Waals surface area contributed by atoms with Gasteiger partial charge in [-0.3, -0.25) is 9.59 Å². The first-order chi connectivity index (χ1) is 18.5. The molecule has 0 saturated carbocycles. The number of ether oxygens (including phenoxy) is 2. The summed E-state index contributed by atoms with van der Waals surface area (Å²) < 4.78 is 10.9. The van der Waals surface area contributed by atoms with E-state index in [1.165, 1.54) is 19.3 Å². The number of hydrogen-bond acceptors (Lipinski definition) is 5. The minimum Gasteiger partial charge on any atom is -0.454 e. The maximum atomic E-state index is 13.8. The number of nitrogens with zero attached hydrogens (tertiary/aromatic N) is 2. The summed E-state index contributed by atoms with van der Waals surface area (Å²) in [6, 6.07) is 21.1. The van der Waals surface area contributed by atoms with Gasteiger partial charge in [-0.1, -0.05) is 48.4 Å². The van der Waals surface area contributed by atoms with E-state index in [9.17, 15) is 9.59 Å². The molecule has 38 heavy (non-hydrogen) atoms. The van der Waals surface area contributed by atoms with Crippen LogP contribution in [0.5, 0.6) is 11.5 Å². The monoisotopic (exact) mass is 513 g/mol. The van der Waals surface area contributed by atoms with Gasteiger partial charge < -0.3 is 24.6 Å². The highest BCUT2D eigenvalue weighted by molar-refractivity contribution is 6.06. The predicted octanol–water partition coefficient (Wildman–Crippen LogP) is 4.72. The van der Waals surface area contributed by atoms with Crippen LogP contribution in [0.15, 0.2) is 66.7 Å². The van der Waals surface area contributed by atoms with Crippen LogP contribution in [0.1, 0.15) is 46.3 Å². The van der Waals surface area contributed by atoms with Crippen LogP contribution < -0.4 is 19.7 Å². The first-order valence-corrected chi connectivity index (χ1v) is 13.4. The topological polar surface area (TPSA) is 71.1 Å². The zero-order valence-electron chi connectivity index (χ0n) is 21.9. The fourth-order valence-corrected chi connectivity index (χ4v) is 4.96. The Balaban J connectivity index is 1.31. The number of amides is 2. The number of anilines is 1.